The van der Waals surface area contributed by atoms with Gasteiger partial charge in [-0.25, -0.2) is 0 Å². The summed E-state index contributed by atoms with van der Waals surface area (Å²) in [5, 5.41) is 3.07. The molecule has 0 spiro atoms. The maximum absolute atomic E-state index is 12.1. The molecule has 23 heavy (non-hydrogen) atoms. The summed E-state index contributed by atoms with van der Waals surface area (Å²) in [4.78, 5) is 14.5. The molecule has 0 unspecified atom stereocenters. The third-order valence-corrected chi connectivity index (χ3v) is 4.51. The van der Waals surface area contributed by atoms with Gasteiger partial charge in [-0.1, -0.05) is 24.3 Å². The molecule has 3 heterocycles. The number of nitrogens with one attached hydrogen (secondary N) is 1. The van der Waals surface area contributed by atoms with Crippen molar-refractivity contribution in [1.29, 1.82) is 0 Å². The van der Waals surface area contributed by atoms with Crippen molar-refractivity contribution >= 4 is 5.91 Å². The first kappa shape index (κ1) is 14.5. The van der Waals surface area contributed by atoms with E-state index in [2.05, 4.69) is 22.3 Å². The van der Waals surface area contributed by atoms with E-state index in [1.54, 1.807) is 6.26 Å². The molecule has 2 aliphatic rings. The number of rotatable bonds is 3. The molecular weight excluding hydrogens is 292 g/mol. The van der Waals surface area contributed by atoms with Crippen LogP contribution in [0.2, 0.25) is 0 Å². The Morgan fingerprint density at radius 1 is 1.13 bits per heavy atom. The van der Waals surface area contributed by atoms with Gasteiger partial charge >= 0.3 is 0 Å². The molecule has 2 bridgehead atoms. The Bertz CT molecular complexity index is 683. The van der Waals surface area contributed by atoms with Gasteiger partial charge in [0, 0.05) is 25.2 Å². The quantitative estimate of drug-likeness (QED) is 0.940. The molecule has 0 radical (unpaired) electrons. The van der Waals surface area contributed by atoms with E-state index in [0.717, 1.165) is 31.0 Å². The molecule has 120 valence electrons. The lowest BCUT2D eigenvalue weighted by Gasteiger charge is -2.28. The highest BCUT2D eigenvalue weighted by molar-refractivity contribution is 5.80. The molecule has 5 nitrogen and oxygen atoms in total. The summed E-state index contributed by atoms with van der Waals surface area (Å²) in [6.45, 7) is 3.46. The fourth-order valence-corrected chi connectivity index (χ4v) is 3.42. The molecule has 2 aliphatic heterocycles. The minimum atomic E-state index is -0.0849. The maximum Gasteiger partial charge on any atom is 0.227 e. The van der Waals surface area contributed by atoms with Gasteiger partial charge in [-0.05, 0) is 17.7 Å². The van der Waals surface area contributed by atoms with E-state index in [0.29, 0.717) is 13.2 Å². The van der Waals surface area contributed by atoms with Crippen molar-refractivity contribution < 1.29 is 13.9 Å². The number of furan rings is 1. The van der Waals surface area contributed by atoms with E-state index in [1.165, 1.54) is 5.56 Å². The molecular formula is C18H20N2O3. The van der Waals surface area contributed by atoms with Crippen LogP contribution in [0.3, 0.4) is 0 Å². The maximum atomic E-state index is 12.1. The summed E-state index contributed by atoms with van der Waals surface area (Å²) in [7, 11) is 0. The van der Waals surface area contributed by atoms with Crippen LogP contribution in [0.1, 0.15) is 5.56 Å². The Morgan fingerprint density at radius 3 is 2.91 bits per heavy atom. The highest BCUT2D eigenvalue weighted by atomic mass is 16.5. The predicted octanol–water partition coefficient (Wildman–Crippen LogP) is 1.89. The third-order valence-electron chi connectivity index (χ3n) is 4.51. The lowest BCUT2D eigenvalue weighted by atomic mass is 10.0. The normalized spacial score (nSPS) is 25.0. The molecule has 2 saturated heterocycles. The summed E-state index contributed by atoms with van der Waals surface area (Å²) in [6, 6.07) is 12.2. The first-order valence-electron chi connectivity index (χ1n) is 8.02. The van der Waals surface area contributed by atoms with Gasteiger partial charge in [0.2, 0.25) is 5.91 Å². The van der Waals surface area contributed by atoms with Gasteiger partial charge in [0.05, 0.1) is 31.4 Å². The first-order chi connectivity index (χ1) is 11.3. The Balaban J connectivity index is 1.58. The van der Waals surface area contributed by atoms with Gasteiger partial charge in [0.15, 0.2) is 0 Å². The number of fused-ring (bicyclic) bond motifs is 3. The number of carbonyl (C=O) groups is 1. The summed E-state index contributed by atoms with van der Waals surface area (Å²) in [5.41, 5.74) is 2.33. The predicted molar refractivity (Wildman–Crippen MR) is 85.7 cm³/mol. The average molecular weight is 312 g/mol. The van der Waals surface area contributed by atoms with E-state index in [9.17, 15) is 4.79 Å². The van der Waals surface area contributed by atoms with Gasteiger partial charge in [-0.2, -0.15) is 0 Å². The number of ether oxygens (including phenoxy) is 1. The van der Waals surface area contributed by atoms with Crippen LogP contribution in [0.5, 0.6) is 0 Å². The summed E-state index contributed by atoms with van der Waals surface area (Å²) in [5.74, 6) is 0.917. The number of hydrogen-bond donors (Lipinski definition) is 1. The Kier molecular flexibility index (Phi) is 3.89. The van der Waals surface area contributed by atoms with Gasteiger partial charge in [-0.15, -0.1) is 0 Å². The molecule has 2 atom stereocenters. The average Bonchev–Trinajstić information content (AvgIpc) is 2.95. The van der Waals surface area contributed by atoms with Crippen molar-refractivity contribution in [3.8, 4) is 11.3 Å². The standard InChI is InChI=1S/C18H20N2O3/c21-18-14-9-20(10-15(19-18)12-22-11-14)8-13-4-1-2-5-16(13)17-6-3-7-23-17/h1-7,14-15H,8-12H2,(H,19,21)/t14-,15+/m1/s1. The van der Waals surface area contributed by atoms with E-state index in [4.69, 9.17) is 9.15 Å². The highest BCUT2D eigenvalue weighted by Gasteiger charge is 2.33. The van der Waals surface area contributed by atoms with Gasteiger partial charge in [0.25, 0.3) is 0 Å². The van der Waals surface area contributed by atoms with Crippen molar-refractivity contribution in [3.63, 3.8) is 0 Å². The molecule has 1 amide bonds. The smallest absolute Gasteiger partial charge is 0.227 e. The second kappa shape index (κ2) is 6.18. The highest BCUT2D eigenvalue weighted by Crippen LogP contribution is 2.26. The van der Waals surface area contributed by atoms with Crippen LogP contribution in [-0.4, -0.2) is 43.2 Å². The van der Waals surface area contributed by atoms with Crippen LogP contribution in [0.25, 0.3) is 11.3 Å². The van der Waals surface area contributed by atoms with E-state index in [1.807, 2.05) is 24.3 Å². The molecule has 1 N–H and O–H groups in total. The first-order valence-corrected chi connectivity index (χ1v) is 8.02. The van der Waals surface area contributed by atoms with Crippen LogP contribution in [0.4, 0.5) is 0 Å². The third kappa shape index (κ3) is 3.02. The number of amides is 1. The second-order valence-electron chi connectivity index (χ2n) is 6.27. The number of hydrogen-bond acceptors (Lipinski definition) is 4. The lowest BCUT2D eigenvalue weighted by Crippen LogP contribution is -2.41. The Labute approximate surface area is 135 Å². The largest absolute Gasteiger partial charge is 0.464 e. The topological polar surface area (TPSA) is 54.7 Å². The van der Waals surface area contributed by atoms with E-state index in [-0.39, 0.29) is 17.9 Å². The number of carbonyl (C=O) groups excluding carboxylic acids is 1. The fraction of sp³-hybridized carbons (Fsp3) is 0.389. The van der Waals surface area contributed by atoms with Crippen LogP contribution in [0.15, 0.2) is 47.1 Å². The van der Waals surface area contributed by atoms with Gasteiger partial charge < -0.3 is 14.5 Å². The van der Waals surface area contributed by atoms with Crippen molar-refractivity contribution in [1.82, 2.24) is 10.2 Å². The van der Waals surface area contributed by atoms with E-state index < -0.39 is 0 Å². The van der Waals surface area contributed by atoms with Crippen LogP contribution in [0, 0.1) is 5.92 Å². The molecule has 2 fully saturated rings. The molecule has 0 saturated carbocycles. The second-order valence-corrected chi connectivity index (χ2v) is 6.27. The minimum absolute atomic E-state index is 0.0748. The van der Waals surface area contributed by atoms with Gasteiger partial charge in [0.1, 0.15) is 5.76 Å². The van der Waals surface area contributed by atoms with Crippen molar-refractivity contribution in [2.24, 2.45) is 5.92 Å². The van der Waals surface area contributed by atoms with Crippen LogP contribution in [-0.2, 0) is 16.1 Å². The molecule has 5 heteroatoms. The molecule has 1 aromatic carbocycles. The molecule has 1 aromatic heterocycles. The zero-order chi connectivity index (χ0) is 15.6. The number of nitrogens with zero attached hydrogens (tertiary/aromatic N) is 1. The van der Waals surface area contributed by atoms with Crippen LogP contribution < -0.4 is 5.32 Å². The summed E-state index contributed by atoms with van der Waals surface area (Å²) in [6.07, 6.45) is 1.70. The Morgan fingerprint density at radius 2 is 2.04 bits per heavy atom. The number of benzene rings is 1. The summed E-state index contributed by atoms with van der Waals surface area (Å²) < 4.78 is 11.1. The molecule has 2 aromatic rings. The minimum Gasteiger partial charge on any atom is -0.464 e. The van der Waals surface area contributed by atoms with Crippen LogP contribution >= 0.6 is 0 Å². The lowest BCUT2D eigenvalue weighted by molar-refractivity contribution is -0.125. The van der Waals surface area contributed by atoms with Crippen molar-refractivity contribution in [2.45, 2.75) is 12.6 Å². The van der Waals surface area contributed by atoms with Crippen molar-refractivity contribution in [3.05, 3.63) is 48.2 Å². The Hall–Kier alpha value is -2.11. The van der Waals surface area contributed by atoms with E-state index >= 15 is 0 Å². The zero-order valence-electron chi connectivity index (χ0n) is 12.9. The molecule has 0 aliphatic carbocycles. The summed E-state index contributed by atoms with van der Waals surface area (Å²) >= 11 is 0. The SMILES string of the molecule is O=C1N[C@@H]2COC[C@H]1CN(Cc1ccccc1-c1ccco1)C2. The van der Waals surface area contributed by atoms with Crippen molar-refractivity contribution in [2.75, 3.05) is 26.3 Å². The zero-order valence-corrected chi connectivity index (χ0v) is 12.9. The monoisotopic (exact) mass is 312 g/mol. The molecule has 4 rings (SSSR count). The fourth-order valence-electron chi connectivity index (χ4n) is 3.42. The van der Waals surface area contributed by atoms with Gasteiger partial charge in [-0.3, -0.25) is 9.69 Å².